The number of sulfone groups is 1. The Balaban J connectivity index is 1.88. The van der Waals surface area contributed by atoms with Crippen molar-refractivity contribution in [1.82, 2.24) is 9.97 Å². The summed E-state index contributed by atoms with van der Waals surface area (Å²) in [6.45, 7) is 1.76. The summed E-state index contributed by atoms with van der Waals surface area (Å²) in [5.74, 6) is 1.56. The van der Waals surface area contributed by atoms with E-state index < -0.39 is 15.8 Å². The van der Waals surface area contributed by atoms with E-state index >= 15 is 0 Å². The first-order chi connectivity index (χ1) is 12.8. The third-order valence-corrected chi connectivity index (χ3v) is 6.29. The van der Waals surface area contributed by atoms with Crippen LogP contribution in [0.1, 0.15) is 22.6 Å². The molecule has 1 aliphatic rings. The smallest absolute Gasteiger partial charge is 0.339 e. The first-order valence-electron chi connectivity index (χ1n) is 8.52. The van der Waals surface area contributed by atoms with Crippen LogP contribution in [0.4, 0.5) is 17.3 Å². The second-order valence-electron chi connectivity index (χ2n) is 6.49. The lowest BCUT2D eigenvalue weighted by Crippen LogP contribution is -2.33. The maximum absolute atomic E-state index is 11.9. The highest BCUT2D eigenvalue weighted by Gasteiger charge is 2.31. The van der Waals surface area contributed by atoms with E-state index in [2.05, 4.69) is 15.3 Å². The fourth-order valence-corrected chi connectivity index (χ4v) is 4.86. The minimum absolute atomic E-state index is 0.112. The summed E-state index contributed by atoms with van der Waals surface area (Å²) in [5.41, 5.74) is 0.965. The van der Waals surface area contributed by atoms with Crippen molar-refractivity contribution >= 4 is 33.1 Å². The molecule has 3 rings (SSSR count). The van der Waals surface area contributed by atoms with E-state index in [-0.39, 0.29) is 17.5 Å². The van der Waals surface area contributed by atoms with Crippen molar-refractivity contribution in [2.45, 2.75) is 19.4 Å². The van der Waals surface area contributed by atoms with E-state index in [1.807, 2.05) is 11.9 Å². The lowest BCUT2D eigenvalue weighted by molar-refractivity contribution is 0.0602. The molecule has 0 radical (unpaired) electrons. The minimum atomic E-state index is -2.99. The molecule has 1 aromatic heterocycles. The molecule has 1 atom stereocenters. The van der Waals surface area contributed by atoms with Crippen molar-refractivity contribution in [1.29, 1.82) is 0 Å². The number of para-hydroxylation sites is 1. The van der Waals surface area contributed by atoms with Gasteiger partial charge in [-0.2, -0.15) is 0 Å². The number of carbonyl (C=O) groups is 1. The SMILES string of the molecule is COC(=O)c1ccccc1Nc1cc(N(C)C2CCS(=O)(=O)C2)nc(C)n1. The first kappa shape index (κ1) is 19.1. The molecule has 27 heavy (non-hydrogen) atoms. The van der Waals surface area contributed by atoms with Crippen molar-refractivity contribution in [3.8, 4) is 0 Å². The van der Waals surface area contributed by atoms with E-state index in [9.17, 15) is 13.2 Å². The highest BCUT2D eigenvalue weighted by Crippen LogP contribution is 2.26. The molecule has 1 N–H and O–H groups in total. The van der Waals surface area contributed by atoms with Crippen LogP contribution in [0.2, 0.25) is 0 Å². The molecule has 1 saturated heterocycles. The molecule has 0 amide bonds. The Hall–Kier alpha value is -2.68. The fourth-order valence-electron chi connectivity index (χ4n) is 3.08. The fraction of sp³-hybridized carbons (Fsp3) is 0.389. The largest absolute Gasteiger partial charge is 0.465 e. The van der Waals surface area contributed by atoms with Gasteiger partial charge in [-0.25, -0.2) is 23.2 Å². The number of aromatic nitrogens is 2. The predicted molar refractivity (Wildman–Crippen MR) is 103 cm³/mol. The molecule has 0 spiro atoms. The second-order valence-corrected chi connectivity index (χ2v) is 8.72. The highest BCUT2D eigenvalue weighted by molar-refractivity contribution is 7.91. The average Bonchev–Trinajstić information content (AvgIpc) is 3.00. The number of aryl methyl sites for hydroxylation is 1. The Labute approximate surface area is 158 Å². The average molecular weight is 390 g/mol. The number of hydrogen-bond donors (Lipinski definition) is 1. The number of esters is 1. The monoisotopic (exact) mass is 390 g/mol. The van der Waals surface area contributed by atoms with E-state index in [1.54, 1.807) is 37.3 Å². The van der Waals surface area contributed by atoms with Gasteiger partial charge in [0.25, 0.3) is 0 Å². The van der Waals surface area contributed by atoms with Crippen molar-refractivity contribution in [2.24, 2.45) is 0 Å². The second kappa shape index (κ2) is 7.51. The third kappa shape index (κ3) is 4.36. The van der Waals surface area contributed by atoms with Crippen molar-refractivity contribution in [3.63, 3.8) is 0 Å². The van der Waals surface area contributed by atoms with Crippen LogP contribution in [-0.4, -0.2) is 56.1 Å². The Morgan fingerprint density at radius 2 is 2.04 bits per heavy atom. The van der Waals surface area contributed by atoms with Crippen molar-refractivity contribution in [2.75, 3.05) is 35.9 Å². The van der Waals surface area contributed by atoms with Crippen LogP contribution in [0.3, 0.4) is 0 Å². The molecular weight excluding hydrogens is 368 g/mol. The zero-order valence-electron chi connectivity index (χ0n) is 15.5. The topological polar surface area (TPSA) is 101 Å². The van der Waals surface area contributed by atoms with Gasteiger partial charge in [-0.3, -0.25) is 0 Å². The molecule has 2 aromatic rings. The lowest BCUT2D eigenvalue weighted by Gasteiger charge is -2.25. The van der Waals surface area contributed by atoms with Gasteiger partial charge >= 0.3 is 5.97 Å². The maximum atomic E-state index is 11.9. The Morgan fingerprint density at radius 3 is 2.70 bits per heavy atom. The Bertz CT molecular complexity index is 962. The zero-order valence-corrected chi connectivity index (χ0v) is 16.3. The molecule has 1 unspecified atom stereocenters. The molecule has 144 valence electrons. The van der Waals surface area contributed by atoms with E-state index in [4.69, 9.17) is 4.74 Å². The minimum Gasteiger partial charge on any atom is -0.465 e. The number of carbonyl (C=O) groups excluding carboxylic acids is 1. The molecule has 1 aliphatic heterocycles. The molecule has 0 aliphatic carbocycles. The Kier molecular flexibility index (Phi) is 5.31. The van der Waals surface area contributed by atoms with Gasteiger partial charge in [0.15, 0.2) is 9.84 Å². The summed E-state index contributed by atoms with van der Waals surface area (Å²) in [5, 5.41) is 3.13. The van der Waals surface area contributed by atoms with Gasteiger partial charge in [-0.05, 0) is 25.5 Å². The molecule has 2 heterocycles. The highest BCUT2D eigenvalue weighted by atomic mass is 32.2. The van der Waals surface area contributed by atoms with Crippen LogP contribution in [0, 0.1) is 6.92 Å². The number of benzene rings is 1. The number of rotatable bonds is 5. The van der Waals surface area contributed by atoms with Crippen LogP contribution in [-0.2, 0) is 14.6 Å². The summed E-state index contributed by atoms with van der Waals surface area (Å²) < 4.78 is 28.3. The lowest BCUT2D eigenvalue weighted by atomic mass is 10.2. The van der Waals surface area contributed by atoms with Gasteiger partial charge in [0, 0.05) is 19.2 Å². The molecule has 0 saturated carbocycles. The summed E-state index contributed by atoms with van der Waals surface area (Å²) >= 11 is 0. The van der Waals surface area contributed by atoms with Gasteiger partial charge in [-0.1, -0.05) is 12.1 Å². The zero-order chi connectivity index (χ0) is 19.6. The van der Waals surface area contributed by atoms with Gasteiger partial charge in [0.1, 0.15) is 17.5 Å². The molecule has 1 fully saturated rings. The van der Waals surface area contributed by atoms with Gasteiger partial charge in [0.2, 0.25) is 0 Å². The molecule has 9 heteroatoms. The Morgan fingerprint density at radius 1 is 1.30 bits per heavy atom. The van der Waals surface area contributed by atoms with Gasteiger partial charge in [0.05, 0.1) is 29.9 Å². The molecule has 8 nitrogen and oxygen atoms in total. The molecular formula is C18H22N4O4S. The third-order valence-electron chi connectivity index (χ3n) is 4.54. The quantitative estimate of drug-likeness (QED) is 0.773. The molecule has 0 bridgehead atoms. The van der Waals surface area contributed by atoms with E-state index in [0.717, 1.165) is 0 Å². The van der Waals surface area contributed by atoms with Crippen LogP contribution >= 0.6 is 0 Å². The van der Waals surface area contributed by atoms with Gasteiger partial charge < -0.3 is 15.0 Å². The number of ether oxygens (including phenoxy) is 1. The standard InChI is InChI=1S/C18H22N4O4S/c1-12-19-16(21-15-7-5-4-6-14(15)18(23)26-3)10-17(20-12)22(2)13-8-9-27(24,25)11-13/h4-7,10,13H,8-9,11H2,1-3H3,(H,19,20,21). The number of nitrogens with zero attached hydrogens (tertiary/aromatic N) is 3. The summed E-state index contributed by atoms with van der Waals surface area (Å²) in [6, 6.07) is 8.61. The molecule has 1 aromatic carbocycles. The summed E-state index contributed by atoms with van der Waals surface area (Å²) in [7, 11) is 0.175. The van der Waals surface area contributed by atoms with Crippen LogP contribution in [0.15, 0.2) is 30.3 Å². The van der Waals surface area contributed by atoms with Crippen LogP contribution in [0.25, 0.3) is 0 Å². The van der Waals surface area contributed by atoms with E-state index in [1.165, 1.54) is 7.11 Å². The number of anilines is 3. The summed E-state index contributed by atoms with van der Waals surface area (Å²) in [4.78, 5) is 22.6. The number of methoxy groups -OCH3 is 1. The van der Waals surface area contributed by atoms with E-state index in [0.29, 0.717) is 35.1 Å². The first-order valence-corrected chi connectivity index (χ1v) is 10.3. The van der Waals surface area contributed by atoms with Crippen LogP contribution in [0.5, 0.6) is 0 Å². The van der Waals surface area contributed by atoms with Crippen molar-refractivity contribution in [3.05, 3.63) is 41.7 Å². The maximum Gasteiger partial charge on any atom is 0.339 e. The predicted octanol–water partition coefficient (Wildman–Crippen LogP) is 1.94. The van der Waals surface area contributed by atoms with Crippen LogP contribution < -0.4 is 10.2 Å². The number of nitrogens with one attached hydrogen (secondary N) is 1. The summed E-state index contributed by atoms with van der Waals surface area (Å²) in [6.07, 6.45) is 0.579. The normalized spacial score (nSPS) is 18.1. The van der Waals surface area contributed by atoms with Crippen molar-refractivity contribution < 1.29 is 17.9 Å². The number of hydrogen-bond acceptors (Lipinski definition) is 8. The van der Waals surface area contributed by atoms with Gasteiger partial charge in [-0.15, -0.1) is 0 Å².